The summed E-state index contributed by atoms with van der Waals surface area (Å²) in [7, 11) is 0. The van der Waals surface area contributed by atoms with Crippen LogP contribution in [0, 0.1) is 24.8 Å². The number of nitrogens with one attached hydrogen (secondary N) is 1. The molecular formula is C23H20N8S. The van der Waals surface area contributed by atoms with Crippen molar-refractivity contribution in [1.29, 1.82) is 5.26 Å². The molecule has 5 rings (SSSR count). The van der Waals surface area contributed by atoms with Gasteiger partial charge in [-0.25, -0.2) is 9.36 Å². The molecule has 0 spiro atoms. The molecule has 1 N–H and O–H groups in total. The summed E-state index contributed by atoms with van der Waals surface area (Å²) in [5.41, 5.74) is 4.79. The molecule has 4 aromatic heterocycles. The molecule has 8 nitrogen and oxygen atoms in total. The summed E-state index contributed by atoms with van der Waals surface area (Å²) >= 11 is 1.38. The fourth-order valence-corrected chi connectivity index (χ4v) is 5.19. The SMILES string of the molecule is [C-]#[N+]c1cccnc1Sc1cc(-c2cnn(C3CCNCC3)c2C)cn2ncc(C#N)c12. The predicted molar refractivity (Wildman–Crippen MR) is 122 cm³/mol. The van der Waals surface area contributed by atoms with Gasteiger partial charge in [0.15, 0.2) is 0 Å². The maximum atomic E-state index is 9.60. The third kappa shape index (κ3) is 3.52. The quantitative estimate of drug-likeness (QED) is 0.473. The van der Waals surface area contributed by atoms with Crippen molar-refractivity contribution in [3.63, 3.8) is 0 Å². The molecule has 4 aromatic rings. The third-order valence-corrected chi connectivity index (χ3v) is 6.82. The van der Waals surface area contributed by atoms with Crippen LogP contribution in [0.5, 0.6) is 0 Å². The first-order valence-electron chi connectivity index (χ1n) is 10.4. The number of nitriles is 1. The molecule has 1 fully saturated rings. The normalized spacial score (nSPS) is 14.3. The lowest BCUT2D eigenvalue weighted by molar-refractivity contribution is 0.338. The van der Waals surface area contributed by atoms with E-state index in [1.165, 1.54) is 11.8 Å². The number of hydrogen-bond acceptors (Lipinski definition) is 6. The van der Waals surface area contributed by atoms with Gasteiger partial charge in [-0.3, -0.25) is 9.67 Å². The Balaban J connectivity index is 1.62. The van der Waals surface area contributed by atoms with Crippen molar-refractivity contribution in [2.75, 3.05) is 13.1 Å². The van der Waals surface area contributed by atoms with Crippen molar-refractivity contribution < 1.29 is 0 Å². The van der Waals surface area contributed by atoms with Gasteiger partial charge in [0.25, 0.3) is 0 Å². The topological polar surface area (TPSA) is 88.2 Å². The second-order valence-electron chi connectivity index (χ2n) is 7.67. The molecule has 1 aliphatic heterocycles. The minimum atomic E-state index is 0.396. The molecular weight excluding hydrogens is 420 g/mol. The van der Waals surface area contributed by atoms with Gasteiger partial charge < -0.3 is 5.32 Å². The van der Waals surface area contributed by atoms with E-state index in [9.17, 15) is 5.26 Å². The first kappa shape index (κ1) is 20.3. The van der Waals surface area contributed by atoms with Gasteiger partial charge in [-0.2, -0.15) is 15.5 Å². The van der Waals surface area contributed by atoms with Crippen LogP contribution < -0.4 is 5.32 Å². The van der Waals surface area contributed by atoms with E-state index < -0.39 is 0 Å². The van der Waals surface area contributed by atoms with Gasteiger partial charge in [-0.1, -0.05) is 23.9 Å². The lowest BCUT2D eigenvalue weighted by Crippen LogP contribution is -2.30. The first-order chi connectivity index (χ1) is 15.7. The zero-order chi connectivity index (χ0) is 22.1. The summed E-state index contributed by atoms with van der Waals surface area (Å²) in [6.07, 6.45) is 9.21. The van der Waals surface area contributed by atoms with Crippen LogP contribution in [0.1, 0.15) is 30.1 Å². The zero-order valence-electron chi connectivity index (χ0n) is 17.5. The maximum absolute atomic E-state index is 9.60. The summed E-state index contributed by atoms with van der Waals surface area (Å²) in [5.74, 6) is 0. The average molecular weight is 441 g/mol. The number of rotatable bonds is 4. The number of piperidine rings is 1. The van der Waals surface area contributed by atoms with Crippen LogP contribution in [0.15, 0.2) is 52.9 Å². The van der Waals surface area contributed by atoms with E-state index in [2.05, 4.69) is 37.9 Å². The van der Waals surface area contributed by atoms with Crippen molar-refractivity contribution >= 4 is 23.0 Å². The van der Waals surface area contributed by atoms with Crippen LogP contribution in [0.2, 0.25) is 0 Å². The van der Waals surface area contributed by atoms with E-state index in [0.717, 1.165) is 47.6 Å². The standard InChI is InChI=1S/C23H20N8S/c1-15-19(13-29-31(15)18-5-8-26-9-6-18)16-10-21(22-17(11-24)12-28-30(22)14-16)32-23-20(25-2)4-3-7-27-23/h3-4,7,10,12-14,18,26H,5-6,8-9H2,1H3. The highest BCUT2D eigenvalue weighted by molar-refractivity contribution is 7.99. The minimum Gasteiger partial charge on any atom is -0.317 e. The highest BCUT2D eigenvalue weighted by atomic mass is 32.2. The lowest BCUT2D eigenvalue weighted by atomic mass is 10.1. The van der Waals surface area contributed by atoms with Crippen molar-refractivity contribution in [2.24, 2.45) is 0 Å². The monoisotopic (exact) mass is 440 g/mol. The lowest BCUT2D eigenvalue weighted by Gasteiger charge is -2.24. The van der Waals surface area contributed by atoms with Crippen LogP contribution in [0.4, 0.5) is 5.69 Å². The number of hydrogen-bond donors (Lipinski definition) is 1. The number of fused-ring (bicyclic) bond motifs is 1. The Morgan fingerprint density at radius 3 is 2.91 bits per heavy atom. The predicted octanol–water partition coefficient (Wildman–Crippen LogP) is 4.40. The number of nitrogens with zero attached hydrogens (tertiary/aromatic N) is 7. The molecule has 0 aliphatic carbocycles. The van der Waals surface area contributed by atoms with Gasteiger partial charge in [0, 0.05) is 34.1 Å². The largest absolute Gasteiger partial charge is 0.317 e. The van der Waals surface area contributed by atoms with Crippen molar-refractivity contribution in [3.8, 4) is 17.2 Å². The van der Waals surface area contributed by atoms with Gasteiger partial charge in [0.2, 0.25) is 5.69 Å². The van der Waals surface area contributed by atoms with E-state index in [1.54, 1.807) is 29.0 Å². The molecule has 0 bridgehead atoms. The molecule has 0 aromatic carbocycles. The van der Waals surface area contributed by atoms with Crippen LogP contribution in [-0.2, 0) is 0 Å². The average Bonchev–Trinajstić information content (AvgIpc) is 3.43. The second-order valence-corrected chi connectivity index (χ2v) is 8.70. The molecule has 1 saturated heterocycles. The van der Waals surface area contributed by atoms with Crippen LogP contribution in [0.3, 0.4) is 0 Å². The van der Waals surface area contributed by atoms with Gasteiger partial charge in [0.1, 0.15) is 11.1 Å². The van der Waals surface area contributed by atoms with Gasteiger partial charge in [-0.05, 0) is 38.9 Å². The summed E-state index contributed by atoms with van der Waals surface area (Å²) in [6.45, 7) is 11.6. The number of aromatic nitrogens is 5. The Kier molecular flexibility index (Phi) is 5.36. The van der Waals surface area contributed by atoms with E-state index in [-0.39, 0.29) is 0 Å². The molecule has 1 aliphatic rings. The Morgan fingerprint density at radius 1 is 1.28 bits per heavy atom. The van der Waals surface area contributed by atoms with Crippen LogP contribution in [0.25, 0.3) is 21.5 Å². The van der Waals surface area contributed by atoms with Crippen molar-refractivity contribution in [2.45, 2.75) is 35.7 Å². The zero-order valence-corrected chi connectivity index (χ0v) is 18.3. The molecule has 5 heterocycles. The van der Waals surface area contributed by atoms with Crippen molar-refractivity contribution in [3.05, 3.63) is 65.7 Å². The smallest absolute Gasteiger partial charge is 0.219 e. The van der Waals surface area contributed by atoms with E-state index in [0.29, 0.717) is 27.8 Å². The van der Waals surface area contributed by atoms with Gasteiger partial charge in [0.05, 0.1) is 36.1 Å². The van der Waals surface area contributed by atoms with Gasteiger partial charge in [-0.15, -0.1) is 0 Å². The molecule has 0 unspecified atom stereocenters. The highest BCUT2D eigenvalue weighted by Gasteiger charge is 2.21. The van der Waals surface area contributed by atoms with Crippen LogP contribution in [-0.4, -0.2) is 37.5 Å². The molecule has 32 heavy (non-hydrogen) atoms. The number of pyridine rings is 2. The molecule has 9 heteroatoms. The Labute approximate surface area is 189 Å². The summed E-state index contributed by atoms with van der Waals surface area (Å²) < 4.78 is 3.87. The molecule has 0 radical (unpaired) electrons. The van der Waals surface area contributed by atoms with E-state index >= 15 is 0 Å². The fourth-order valence-electron chi connectivity index (χ4n) is 4.17. The molecule has 0 amide bonds. The summed E-state index contributed by atoms with van der Waals surface area (Å²) in [4.78, 5) is 8.81. The maximum Gasteiger partial charge on any atom is 0.219 e. The second kappa shape index (κ2) is 8.46. The van der Waals surface area contributed by atoms with Crippen molar-refractivity contribution in [1.82, 2.24) is 29.7 Å². The third-order valence-electron chi connectivity index (χ3n) is 5.79. The first-order valence-corrected chi connectivity index (χ1v) is 11.2. The molecule has 158 valence electrons. The van der Waals surface area contributed by atoms with E-state index in [4.69, 9.17) is 11.7 Å². The Bertz CT molecular complexity index is 1380. The Hall–Kier alpha value is -3.66. The molecule has 0 atom stereocenters. The highest BCUT2D eigenvalue weighted by Crippen LogP contribution is 2.39. The summed E-state index contributed by atoms with van der Waals surface area (Å²) in [6, 6.07) is 8.16. The molecule has 0 saturated carbocycles. The summed E-state index contributed by atoms with van der Waals surface area (Å²) in [5, 5.41) is 22.7. The Morgan fingerprint density at radius 2 is 2.12 bits per heavy atom. The fraction of sp³-hybridized carbons (Fsp3) is 0.261. The minimum absolute atomic E-state index is 0.396. The van der Waals surface area contributed by atoms with Crippen LogP contribution >= 0.6 is 11.8 Å². The van der Waals surface area contributed by atoms with E-state index in [1.807, 2.05) is 18.5 Å². The van der Waals surface area contributed by atoms with Gasteiger partial charge >= 0.3 is 0 Å².